The normalized spacial score (nSPS) is 22.3. The molecule has 1 fully saturated rings. The van der Waals surface area contributed by atoms with Gasteiger partial charge in [0, 0.05) is 17.1 Å². The molecular weight excluding hydrogens is 488 g/mol. The molecule has 3 N–H and O–H groups in total. The fourth-order valence-electron chi connectivity index (χ4n) is 5.09. The highest BCUT2D eigenvalue weighted by Crippen LogP contribution is 2.51. The number of thiazole rings is 1. The summed E-state index contributed by atoms with van der Waals surface area (Å²) in [6.07, 6.45) is 2.04. The topological polar surface area (TPSA) is 115 Å². The summed E-state index contributed by atoms with van der Waals surface area (Å²) in [7, 11) is 0. The highest BCUT2D eigenvalue weighted by molar-refractivity contribution is 7.09. The van der Waals surface area contributed by atoms with E-state index >= 15 is 0 Å². The van der Waals surface area contributed by atoms with E-state index in [4.69, 9.17) is 10.6 Å². The molecule has 0 spiro atoms. The Balaban J connectivity index is 2.24. The number of nitrogens with two attached hydrogens (primary N) is 1. The first-order valence-corrected chi connectivity index (χ1v) is 13.6. The van der Waals surface area contributed by atoms with E-state index in [-0.39, 0.29) is 23.7 Å². The second-order valence-electron chi connectivity index (χ2n) is 12.3. The Hall–Kier alpha value is -2.78. The zero-order valence-electron chi connectivity index (χ0n) is 23.1. The molecule has 3 rings (SSSR count). The van der Waals surface area contributed by atoms with Crippen molar-refractivity contribution in [1.29, 1.82) is 0 Å². The van der Waals surface area contributed by atoms with E-state index < -0.39 is 35.0 Å². The molecule has 3 atom stereocenters. The zero-order valence-corrected chi connectivity index (χ0v) is 23.9. The molecule has 2 heterocycles. The van der Waals surface area contributed by atoms with Crippen molar-refractivity contribution in [3.05, 3.63) is 52.0 Å². The third-order valence-corrected chi connectivity index (χ3v) is 7.45. The first-order chi connectivity index (χ1) is 17.1. The van der Waals surface area contributed by atoms with E-state index in [2.05, 4.69) is 31.2 Å². The maximum atomic E-state index is 14.4. The van der Waals surface area contributed by atoms with Gasteiger partial charge in [0.05, 0.1) is 12.0 Å². The van der Waals surface area contributed by atoms with Gasteiger partial charge in [0.1, 0.15) is 16.1 Å². The average Bonchev–Trinajstić information content (AvgIpc) is 3.43. The number of nitrogens with zero attached hydrogens (tertiary/aromatic N) is 2. The van der Waals surface area contributed by atoms with Gasteiger partial charge in [0.15, 0.2) is 0 Å². The van der Waals surface area contributed by atoms with Gasteiger partial charge in [-0.3, -0.25) is 15.0 Å². The minimum atomic E-state index is -1.38. The number of likely N-dealkylation sites (tertiary alicyclic amines) is 1. The van der Waals surface area contributed by atoms with E-state index in [1.165, 1.54) is 11.3 Å². The Bertz CT molecular complexity index is 1120. The average molecular weight is 529 g/mol. The number of nitrogens with one attached hydrogen (secondary N) is 1. The van der Waals surface area contributed by atoms with E-state index in [9.17, 15) is 14.4 Å². The van der Waals surface area contributed by atoms with Gasteiger partial charge in [-0.15, -0.1) is 11.3 Å². The molecule has 1 aromatic heterocycles. The number of hydrazine groups is 1. The minimum Gasteiger partial charge on any atom is -0.458 e. The molecule has 2 amide bonds. The zero-order chi connectivity index (χ0) is 27.8. The maximum Gasteiger partial charge on any atom is 0.332 e. The Morgan fingerprint density at radius 2 is 1.78 bits per heavy atom. The molecule has 2 aromatic rings. The van der Waals surface area contributed by atoms with Crippen LogP contribution >= 0.6 is 11.3 Å². The number of carbonyl (C=O) groups excluding carboxylic acids is 3. The molecule has 9 heteroatoms. The summed E-state index contributed by atoms with van der Waals surface area (Å²) in [5, 5.41) is 2.37. The molecular formula is C28H40N4O4S. The van der Waals surface area contributed by atoms with Gasteiger partial charge in [0.2, 0.25) is 5.91 Å². The van der Waals surface area contributed by atoms with Gasteiger partial charge in [-0.05, 0) is 62.6 Å². The molecule has 0 radical (unpaired) electrons. The van der Waals surface area contributed by atoms with Gasteiger partial charge in [-0.1, -0.05) is 46.8 Å². The quantitative estimate of drug-likeness (QED) is 0.242. The fraction of sp³-hybridized carbons (Fsp3) is 0.571. The van der Waals surface area contributed by atoms with Crippen LogP contribution in [0.4, 0.5) is 0 Å². The molecule has 1 aliphatic heterocycles. The van der Waals surface area contributed by atoms with Crippen LogP contribution < -0.4 is 11.3 Å². The lowest BCUT2D eigenvalue weighted by Crippen LogP contribution is -2.56. The van der Waals surface area contributed by atoms with Gasteiger partial charge < -0.3 is 9.64 Å². The standard InChI is InChI=1S/C28H40N4O4S/c1-17(2)15-28(25(35)36-27(6,7)8)16-20(22(33)31-29)21(23-30-13-14-37-23)32(28)24(34)18-9-11-19(12-10-18)26(3,4)5/h9-14,17,20-21H,15-16,29H2,1-8H3,(H,31,33)/t20-,21-,28+/m1/s1. The van der Waals surface area contributed by atoms with Crippen molar-refractivity contribution in [2.45, 2.75) is 90.8 Å². The summed E-state index contributed by atoms with van der Waals surface area (Å²) in [5.74, 6) is 3.52. The smallest absolute Gasteiger partial charge is 0.332 e. The van der Waals surface area contributed by atoms with Crippen LogP contribution in [-0.4, -0.2) is 38.8 Å². The van der Waals surface area contributed by atoms with Crippen molar-refractivity contribution < 1.29 is 19.1 Å². The van der Waals surface area contributed by atoms with Gasteiger partial charge in [-0.2, -0.15) is 0 Å². The van der Waals surface area contributed by atoms with Crippen molar-refractivity contribution in [3.8, 4) is 0 Å². The second kappa shape index (κ2) is 10.5. The van der Waals surface area contributed by atoms with Gasteiger partial charge in [0.25, 0.3) is 5.91 Å². The van der Waals surface area contributed by atoms with Crippen molar-refractivity contribution >= 4 is 29.1 Å². The van der Waals surface area contributed by atoms with Crippen LogP contribution in [0.3, 0.4) is 0 Å². The van der Waals surface area contributed by atoms with Crippen LogP contribution in [0.5, 0.6) is 0 Å². The van der Waals surface area contributed by atoms with Gasteiger partial charge in [-0.25, -0.2) is 15.6 Å². The van der Waals surface area contributed by atoms with Crippen molar-refractivity contribution in [3.63, 3.8) is 0 Å². The molecule has 0 aliphatic carbocycles. The summed E-state index contributed by atoms with van der Waals surface area (Å²) in [6.45, 7) is 15.7. The van der Waals surface area contributed by atoms with Crippen LogP contribution in [0.1, 0.15) is 95.2 Å². The van der Waals surface area contributed by atoms with E-state index in [1.54, 1.807) is 49.4 Å². The molecule has 202 valence electrons. The second-order valence-corrected chi connectivity index (χ2v) is 13.2. The third-order valence-electron chi connectivity index (χ3n) is 6.60. The number of amides is 2. The molecule has 1 aromatic carbocycles. The third kappa shape index (κ3) is 6.04. The lowest BCUT2D eigenvalue weighted by Gasteiger charge is -2.41. The number of hydrogen-bond acceptors (Lipinski definition) is 7. The molecule has 8 nitrogen and oxygen atoms in total. The summed E-state index contributed by atoms with van der Waals surface area (Å²) < 4.78 is 5.92. The molecule has 0 unspecified atom stereocenters. The number of esters is 1. The van der Waals surface area contributed by atoms with Crippen LogP contribution in [0.25, 0.3) is 0 Å². The molecule has 0 saturated carbocycles. The first kappa shape index (κ1) is 28.8. The Kier molecular flexibility index (Phi) is 8.19. The Morgan fingerprint density at radius 1 is 1.16 bits per heavy atom. The highest BCUT2D eigenvalue weighted by Gasteiger charge is 2.62. The number of rotatable bonds is 6. The molecule has 37 heavy (non-hydrogen) atoms. The Morgan fingerprint density at radius 3 is 2.24 bits per heavy atom. The van der Waals surface area contributed by atoms with Crippen molar-refractivity contribution in [2.24, 2.45) is 17.7 Å². The summed E-state index contributed by atoms with van der Waals surface area (Å²) in [6, 6.07) is 6.66. The fourth-order valence-corrected chi connectivity index (χ4v) is 5.89. The number of ether oxygens (including phenoxy) is 1. The summed E-state index contributed by atoms with van der Waals surface area (Å²) in [5.41, 5.74) is 1.52. The van der Waals surface area contributed by atoms with E-state index in [0.717, 1.165) is 5.56 Å². The van der Waals surface area contributed by atoms with Crippen LogP contribution in [0.2, 0.25) is 0 Å². The van der Waals surface area contributed by atoms with Crippen LogP contribution in [-0.2, 0) is 19.7 Å². The SMILES string of the molecule is CC(C)C[C@@]1(C(=O)OC(C)(C)C)C[C@@H](C(=O)NN)[C@H](c2nccs2)N1C(=O)c1ccc(C(C)(C)C)cc1. The lowest BCUT2D eigenvalue weighted by atomic mass is 9.83. The van der Waals surface area contributed by atoms with Gasteiger partial charge >= 0.3 is 5.97 Å². The monoisotopic (exact) mass is 528 g/mol. The largest absolute Gasteiger partial charge is 0.458 e. The number of benzene rings is 1. The predicted octanol–water partition coefficient (Wildman–Crippen LogP) is 4.76. The van der Waals surface area contributed by atoms with Crippen molar-refractivity contribution in [1.82, 2.24) is 15.3 Å². The lowest BCUT2D eigenvalue weighted by molar-refractivity contribution is -0.168. The number of carbonyl (C=O) groups is 3. The first-order valence-electron chi connectivity index (χ1n) is 12.7. The minimum absolute atomic E-state index is 0.0303. The maximum absolute atomic E-state index is 14.4. The molecule has 0 bridgehead atoms. The van der Waals surface area contributed by atoms with E-state index in [1.807, 2.05) is 26.0 Å². The van der Waals surface area contributed by atoms with E-state index in [0.29, 0.717) is 17.0 Å². The molecule has 1 aliphatic rings. The Labute approximate surface area is 223 Å². The predicted molar refractivity (Wildman–Crippen MR) is 145 cm³/mol. The van der Waals surface area contributed by atoms with Crippen LogP contribution in [0, 0.1) is 11.8 Å². The molecule has 1 saturated heterocycles. The van der Waals surface area contributed by atoms with Crippen molar-refractivity contribution in [2.75, 3.05) is 0 Å². The summed E-state index contributed by atoms with van der Waals surface area (Å²) in [4.78, 5) is 47.5. The summed E-state index contributed by atoms with van der Waals surface area (Å²) >= 11 is 1.34. The number of hydrogen-bond donors (Lipinski definition) is 2. The van der Waals surface area contributed by atoms with Crippen LogP contribution in [0.15, 0.2) is 35.8 Å². The highest BCUT2D eigenvalue weighted by atomic mass is 32.1. The number of aromatic nitrogens is 1.